The molecule has 0 fully saturated rings. The van der Waals surface area contributed by atoms with Crippen LogP contribution in [0, 0.1) is 0 Å². The number of hydrogen-bond acceptors (Lipinski definition) is 3. The Hall–Kier alpha value is -3.60. The van der Waals surface area contributed by atoms with E-state index in [9.17, 15) is 9.59 Å². The van der Waals surface area contributed by atoms with Gasteiger partial charge in [0.25, 0.3) is 0 Å². The van der Waals surface area contributed by atoms with Crippen molar-refractivity contribution in [2.24, 2.45) is 0 Å². The molecule has 3 aromatic carbocycles. The second kappa shape index (κ2) is 6.37. The zero-order chi connectivity index (χ0) is 18.1. The summed E-state index contributed by atoms with van der Waals surface area (Å²) in [5.41, 5.74) is 4.90. The van der Waals surface area contributed by atoms with Crippen LogP contribution in [-0.2, 0) is 6.42 Å². The van der Waals surface area contributed by atoms with Crippen LogP contribution in [0.1, 0.15) is 21.5 Å². The SMILES string of the molecule is O=C(Nc1ccccc1C(=O)O)Oc1ccc2c(c1)Cc1ccccc1-2. The largest absolute Gasteiger partial charge is 0.478 e. The van der Waals surface area contributed by atoms with Gasteiger partial charge in [-0.15, -0.1) is 0 Å². The number of aromatic carboxylic acids is 1. The molecule has 0 spiro atoms. The minimum absolute atomic E-state index is 0.00820. The molecule has 0 saturated carbocycles. The summed E-state index contributed by atoms with van der Waals surface area (Å²) in [5, 5.41) is 11.7. The second-order valence-corrected chi connectivity index (χ2v) is 6.02. The second-order valence-electron chi connectivity index (χ2n) is 6.02. The van der Waals surface area contributed by atoms with Crippen molar-refractivity contribution in [1.29, 1.82) is 0 Å². The first kappa shape index (κ1) is 15.9. The molecule has 0 atom stereocenters. The van der Waals surface area contributed by atoms with E-state index in [4.69, 9.17) is 9.84 Å². The Morgan fingerprint density at radius 2 is 1.62 bits per heavy atom. The summed E-state index contributed by atoms with van der Waals surface area (Å²) in [5.74, 6) is -0.696. The lowest BCUT2D eigenvalue weighted by Gasteiger charge is -2.10. The van der Waals surface area contributed by atoms with E-state index >= 15 is 0 Å². The highest BCUT2D eigenvalue weighted by Gasteiger charge is 2.19. The van der Waals surface area contributed by atoms with E-state index in [0.29, 0.717) is 5.75 Å². The third-order valence-corrected chi connectivity index (χ3v) is 4.37. The van der Waals surface area contributed by atoms with Crippen LogP contribution >= 0.6 is 0 Å². The standard InChI is InChI=1S/C21H15NO4/c23-20(24)18-7-3-4-8-19(18)22-21(25)26-15-9-10-17-14(12-15)11-13-5-1-2-6-16(13)17/h1-10,12H,11H2,(H,22,25)(H,23,24). The molecule has 128 valence electrons. The molecule has 0 aliphatic heterocycles. The zero-order valence-corrected chi connectivity index (χ0v) is 13.7. The van der Waals surface area contributed by atoms with Gasteiger partial charge in [0.05, 0.1) is 11.3 Å². The third-order valence-electron chi connectivity index (χ3n) is 4.37. The van der Waals surface area contributed by atoms with E-state index < -0.39 is 12.1 Å². The molecule has 1 aliphatic rings. The summed E-state index contributed by atoms with van der Waals surface area (Å²) in [6, 6.07) is 19.9. The van der Waals surface area contributed by atoms with Crippen LogP contribution in [0.3, 0.4) is 0 Å². The Labute approximate surface area is 149 Å². The molecule has 0 aromatic heterocycles. The number of carboxylic acids is 1. The van der Waals surface area contributed by atoms with E-state index in [1.165, 1.54) is 23.3 Å². The molecule has 5 nitrogen and oxygen atoms in total. The number of benzene rings is 3. The minimum atomic E-state index is -1.11. The van der Waals surface area contributed by atoms with E-state index in [1.54, 1.807) is 18.2 Å². The van der Waals surface area contributed by atoms with Crippen LogP contribution < -0.4 is 10.1 Å². The van der Waals surface area contributed by atoms with Gasteiger partial charge < -0.3 is 9.84 Å². The number of amides is 1. The number of carbonyl (C=O) groups excluding carboxylic acids is 1. The Morgan fingerprint density at radius 3 is 2.46 bits per heavy atom. The number of para-hydroxylation sites is 1. The lowest BCUT2D eigenvalue weighted by atomic mass is 10.1. The molecule has 5 heteroatoms. The Bertz CT molecular complexity index is 1030. The first-order valence-corrected chi connectivity index (χ1v) is 8.14. The van der Waals surface area contributed by atoms with Gasteiger partial charge in [-0.1, -0.05) is 42.5 Å². The molecular weight excluding hydrogens is 330 g/mol. The molecular formula is C21H15NO4. The molecule has 2 N–H and O–H groups in total. The fourth-order valence-electron chi connectivity index (χ4n) is 3.21. The van der Waals surface area contributed by atoms with E-state index in [1.807, 2.05) is 24.3 Å². The van der Waals surface area contributed by atoms with Crippen molar-refractivity contribution in [3.63, 3.8) is 0 Å². The highest BCUT2D eigenvalue weighted by Crippen LogP contribution is 2.38. The van der Waals surface area contributed by atoms with Gasteiger partial charge in [0.1, 0.15) is 5.75 Å². The van der Waals surface area contributed by atoms with Crippen molar-refractivity contribution in [3.8, 4) is 16.9 Å². The maximum absolute atomic E-state index is 12.1. The van der Waals surface area contributed by atoms with Gasteiger partial charge in [-0.3, -0.25) is 5.32 Å². The monoisotopic (exact) mass is 345 g/mol. The summed E-state index contributed by atoms with van der Waals surface area (Å²) in [6.45, 7) is 0. The van der Waals surface area contributed by atoms with E-state index in [2.05, 4.69) is 17.4 Å². The van der Waals surface area contributed by atoms with Crippen LogP contribution in [0.2, 0.25) is 0 Å². The predicted octanol–water partition coefficient (Wildman–Crippen LogP) is 4.57. The average Bonchev–Trinajstić information content (AvgIpc) is 2.99. The van der Waals surface area contributed by atoms with Gasteiger partial charge in [-0.2, -0.15) is 0 Å². The van der Waals surface area contributed by atoms with E-state index in [0.717, 1.165) is 17.5 Å². The average molecular weight is 345 g/mol. The first-order valence-electron chi connectivity index (χ1n) is 8.14. The van der Waals surface area contributed by atoms with Crippen LogP contribution in [-0.4, -0.2) is 17.2 Å². The van der Waals surface area contributed by atoms with Gasteiger partial charge in [0.15, 0.2) is 0 Å². The molecule has 3 aromatic rings. The molecule has 0 radical (unpaired) electrons. The molecule has 0 bridgehead atoms. The molecule has 26 heavy (non-hydrogen) atoms. The topological polar surface area (TPSA) is 75.6 Å². The van der Waals surface area contributed by atoms with E-state index in [-0.39, 0.29) is 11.3 Å². The first-order chi connectivity index (χ1) is 12.6. The Kier molecular flexibility index (Phi) is 3.89. The molecule has 0 heterocycles. The smallest absolute Gasteiger partial charge is 0.417 e. The fourth-order valence-corrected chi connectivity index (χ4v) is 3.21. The van der Waals surface area contributed by atoms with Crippen LogP contribution in [0.4, 0.5) is 10.5 Å². The van der Waals surface area contributed by atoms with Crippen molar-refractivity contribution in [3.05, 3.63) is 83.4 Å². The predicted molar refractivity (Wildman–Crippen MR) is 97.7 cm³/mol. The number of carboxylic acid groups (broad SMARTS) is 1. The summed E-state index contributed by atoms with van der Waals surface area (Å²) < 4.78 is 5.33. The van der Waals surface area contributed by atoms with Crippen LogP contribution in [0.25, 0.3) is 11.1 Å². The third kappa shape index (κ3) is 2.91. The van der Waals surface area contributed by atoms with Crippen molar-refractivity contribution in [1.82, 2.24) is 0 Å². The molecule has 1 aliphatic carbocycles. The summed E-state index contributed by atoms with van der Waals surface area (Å²) in [7, 11) is 0. The van der Waals surface area contributed by atoms with Gasteiger partial charge in [-0.05, 0) is 52.9 Å². The lowest BCUT2D eigenvalue weighted by Crippen LogP contribution is -2.18. The summed E-state index contributed by atoms with van der Waals surface area (Å²) in [4.78, 5) is 23.4. The number of rotatable bonds is 3. The van der Waals surface area contributed by atoms with Crippen LogP contribution in [0.5, 0.6) is 5.75 Å². The van der Waals surface area contributed by atoms with Crippen molar-refractivity contribution < 1.29 is 19.4 Å². The van der Waals surface area contributed by atoms with Gasteiger partial charge in [-0.25, -0.2) is 9.59 Å². The number of anilines is 1. The molecule has 1 amide bonds. The zero-order valence-electron chi connectivity index (χ0n) is 13.7. The highest BCUT2D eigenvalue weighted by molar-refractivity contribution is 5.99. The maximum atomic E-state index is 12.1. The van der Waals surface area contributed by atoms with Crippen molar-refractivity contribution in [2.75, 3.05) is 5.32 Å². The van der Waals surface area contributed by atoms with Crippen molar-refractivity contribution in [2.45, 2.75) is 6.42 Å². The fraction of sp³-hybridized carbons (Fsp3) is 0.0476. The van der Waals surface area contributed by atoms with Crippen molar-refractivity contribution >= 4 is 17.7 Å². The minimum Gasteiger partial charge on any atom is -0.478 e. The van der Waals surface area contributed by atoms with Gasteiger partial charge in [0, 0.05) is 0 Å². The quantitative estimate of drug-likeness (QED) is 0.570. The Balaban J connectivity index is 1.52. The highest BCUT2D eigenvalue weighted by atomic mass is 16.6. The van der Waals surface area contributed by atoms with Crippen LogP contribution in [0.15, 0.2) is 66.7 Å². The van der Waals surface area contributed by atoms with Gasteiger partial charge in [0.2, 0.25) is 0 Å². The molecule has 0 unspecified atom stereocenters. The number of carbonyl (C=O) groups is 2. The Morgan fingerprint density at radius 1 is 0.885 bits per heavy atom. The normalized spacial score (nSPS) is 11.4. The number of nitrogens with one attached hydrogen (secondary N) is 1. The number of fused-ring (bicyclic) bond motifs is 3. The molecule has 4 rings (SSSR count). The van der Waals surface area contributed by atoms with Gasteiger partial charge >= 0.3 is 12.1 Å². The number of hydrogen-bond donors (Lipinski definition) is 2. The summed E-state index contributed by atoms with van der Waals surface area (Å²) in [6.07, 6.45) is 0.0702. The maximum Gasteiger partial charge on any atom is 0.417 e. The summed E-state index contributed by atoms with van der Waals surface area (Å²) >= 11 is 0. The number of ether oxygens (including phenoxy) is 1. The lowest BCUT2D eigenvalue weighted by molar-refractivity contribution is 0.0698. The molecule has 0 saturated heterocycles.